The van der Waals surface area contributed by atoms with Crippen molar-refractivity contribution in [3.05, 3.63) is 36.2 Å². The van der Waals surface area contributed by atoms with Gasteiger partial charge in [-0.25, -0.2) is 22.2 Å². The number of benzene rings is 1. The SMILES string of the molecule is CS(=O)(=O)Nc1ccc(C(=O)Nc2cc3ncnn3c(N3CCC(F)(F)CC3)n2)c(N2CCC3(CC2)CC3)c1. The normalized spacial score (nSPS) is 20.3. The van der Waals surface area contributed by atoms with Crippen LogP contribution < -0.4 is 19.8 Å². The largest absolute Gasteiger partial charge is 0.371 e. The molecule has 3 aliphatic rings. The number of nitrogens with zero attached hydrogens (tertiary/aromatic N) is 6. The molecule has 1 amide bonds. The molecule has 1 aliphatic carbocycles. The molecule has 2 saturated heterocycles. The Balaban J connectivity index is 1.29. The first-order valence-electron chi connectivity index (χ1n) is 13.0. The Bertz CT molecular complexity index is 1520. The fraction of sp³-hybridized carbons (Fsp3) is 0.520. The Morgan fingerprint density at radius 1 is 0.974 bits per heavy atom. The molecule has 39 heavy (non-hydrogen) atoms. The van der Waals surface area contributed by atoms with Crippen LogP contribution >= 0.6 is 0 Å². The number of hydrogen-bond donors (Lipinski definition) is 2. The van der Waals surface area contributed by atoms with Crippen molar-refractivity contribution in [1.29, 1.82) is 0 Å². The predicted molar refractivity (Wildman–Crippen MR) is 143 cm³/mol. The number of halogens is 2. The molecule has 6 rings (SSSR count). The van der Waals surface area contributed by atoms with Crippen molar-refractivity contribution >= 4 is 44.7 Å². The molecule has 1 saturated carbocycles. The smallest absolute Gasteiger partial charge is 0.258 e. The van der Waals surface area contributed by atoms with Crippen molar-refractivity contribution in [3.63, 3.8) is 0 Å². The van der Waals surface area contributed by atoms with Crippen LogP contribution in [0.15, 0.2) is 30.6 Å². The summed E-state index contributed by atoms with van der Waals surface area (Å²) in [5.41, 5.74) is 2.24. The van der Waals surface area contributed by atoms with E-state index in [-0.39, 0.29) is 31.7 Å². The van der Waals surface area contributed by atoms with Gasteiger partial charge < -0.3 is 15.1 Å². The Morgan fingerprint density at radius 3 is 2.33 bits per heavy atom. The summed E-state index contributed by atoms with van der Waals surface area (Å²) in [4.78, 5) is 26.2. The van der Waals surface area contributed by atoms with Gasteiger partial charge in [0.25, 0.3) is 11.8 Å². The van der Waals surface area contributed by atoms with Gasteiger partial charge in [0.1, 0.15) is 12.1 Å². The number of carbonyl (C=O) groups excluding carboxylic acids is 1. The van der Waals surface area contributed by atoms with Gasteiger partial charge >= 0.3 is 0 Å². The zero-order chi connectivity index (χ0) is 27.4. The first kappa shape index (κ1) is 25.7. The van der Waals surface area contributed by atoms with Crippen molar-refractivity contribution in [2.75, 3.05) is 52.3 Å². The molecule has 0 bridgehead atoms. The fourth-order valence-corrected chi connectivity index (χ4v) is 6.02. The summed E-state index contributed by atoms with van der Waals surface area (Å²) in [6, 6.07) is 6.42. The Morgan fingerprint density at radius 2 is 1.67 bits per heavy atom. The van der Waals surface area contributed by atoms with Gasteiger partial charge in [0.15, 0.2) is 5.65 Å². The third-order valence-electron chi connectivity index (χ3n) is 7.94. The number of aromatic nitrogens is 4. The zero-order valence-corrected chi connectivity index (χ0v) is 22.3. The van der Waals surface area contributed by atoms with E-state index < -0.39 is 21.9 Å². The highest BCUT2D eigenvalue weighted by Gasteiger charge is 2.44. The van der Waals surface area contributed by atoms with Gasteiger partial charge in [-0.1, -0.05) is 0 Å². The van der Waals surface area contributed by atoms with Crippen molar-refractivity contribution in [1.82, 2.24) is 19.6 Å². The molecule has 4 heterocycles. The molecule has 0 atom stereocenters. The molecular formula is C25H30F2N8O3S. The van der Waals surface area contributed by atoms with Crippen LogP contribution in [-0.2, 0) is 10.0 Å². The number of carbonyl (C=O) groups is 1. The topological polar surface area (TPSA) is 125 Å². The summed E-state index contributed by atoms with van der Waals surface area (Å²) in [6.07, 6.45) is 6.36. The number of anilines is 4. The Hall–Kier alpha value is -3.55. The second-order valence-electron chi connectivity index (χ2n) is 10.9. The highest BCUT2D eigenvalue weighted by atomic mass is 32.2. The molecule has 11 nitrogen and oxygen atoms in total. The standard InChI is InChI=1S/C25H30F2N8O3S/c1-39(37,38)32-17-2-3-18(19(14-17)33-10-6-24(4-5-24)7-11-33)22(36)30-20-15-21-28-16-29-35(21)23(31-20)34-12-8-25(26,27)9-13-34/h2-3,14-16,32H,4-13H2,1H3,(H,30,36). The van der Waals surface area contributed by atoms with Crippen LogP contribution in [0, 0.1) is 5.41 Å². The molecule has 1 aromatic carbocycles. The predicted octanol–water partition coefficient (Wildman–Crippen LogP) is 3.36. The molecule has 3 aromatic rings. The molecule has 0 unspecified atom stereocenters. The van der Waals surface area contributed by atoms with Crippen LogP contribution in [0.2, 0.25) is 0 Å². The number of sulfonamides is 1. The van der Waals surface area contributed by atoms with E-state index in [2.05, 4.69) is 30.0 Å². The van der Waals surface area contributed by atoms with Gasteiger partial charge in [-0.2, -0.15) is 14.6 Å². The first-order valence-corrected chi connectivity index (χ1v) is 14.9. The highest BCUT2D eigenvalue weighted by molar-refractivity contribution is 7.92. The lowest BCUT2D eigenvalue weighted by molar-refractivity contribution is -0.0223. The van der Waals surface area contributed by atoms with Crippen molar-refractivity contribution < 1.29 is 22.0 Å². The third-order valence-corrected chi connectivity index (χ3v) is 8.54. The molecule has 1 spiro atoms. The number of amides is 1. The maximum absolute atomic E-state index is 13.8. The first-order chi connectivity index (χ1) is 18.5. The van der Waals surface area contributed by atoms with Crippen LogP contribution in [0.1, 0.15) is 48.9 Å². The summed E-state index contributed by atoms with van der Waals surface area (Å²) in [6.45, 7) is 1.75. The van der Waals surface area contributed by atoms with E-state index in [1.54, 1.807) is 29.2 Å². The maximum atomic E-state index is 13.8. The van der Waals surface area contributed by atoms with E-state index >= 15 is 0 Å². The average molecular weight is 561 g/mol. The summed E-state index contributed by atoms with van der Waals surface area (Å²) in [5, 5.41) is 7.02. The average Bonchev–Trinajstić information content (AvgIpc) is 3.45. The van der Waals surface area contributed by atoms with E-state index in [0.717, 1.165) is 32.2 Å². The van der Waals surface area contributed by atoms with Crippen LogP contribution in [0.5, 0.6) is 0 Å². The van der Waals surface area contributed by atoms with Crippen molar-refractivity contribution in [2.24, 2.45) is 5.41 Å². The number of fused-ring (bicyclic) bond motifs is 1. The second kappa shape index (κ2) is 9.28. The van der Waals surface area contributed by atoms with E-state index in [9.17, 15) is 22.0 Å². The monoisotopic (exact) mass is 560 g/mol. The maximum Gasteiger partial charge on any atom is 0.258 e. The highest BCUT2D eigenvalue weighted by Crippen LogP contribution is 2.54. The van der Waals surface area contributed by atoms with Gasteiger partial charge in [-0.05, 0) is 49.3 Å². The Kier molecular flexibility index (Phi) is 6.12. The number of hydrogen-bond acceptors (Lipinski definition) is 8. The number of piperidine rings is 2. The molecule has 208 valence electrons. The lowest BCUT2D eigenvalue weighted by Crippen LogP contribution is -2.40. The molecular weight excluding hydrogens is 530 g/mol. The number of alkyl halides is 2. The minimum absolute atomic E-state index is 0.0990. The number of nitrogens with one attached hydrogen (secondary N) is 2. The number of rotatable bonds is 6. The minimum Gasteiger partial charge on any atom is -0.371 e. The summed E-state index contributed by atoms with van der Waals surface area (Å²) < 4.78 is 55.2. The molecule has 3 fully saturated rings. The van der Waals surface area contributed by atoms with Gasteiger partial charge in [0.2, 0.25) is 16.0 Å². The van der Waals surface area contributed by atoms with Crippen molar-refractivity contribution in [2.45, 2.75) is 44.4 Å². The van der Waals surface area contributed by atoms with Gasteiger partial charge in [0, 0.05) is 45.1 Å². The van der Waals surface area contributed by atoms with Crippen LogP contribution in [-0.4, -0.2) is 72.3 Å². The van der Waals surface area contributed by atoms with E-state index in [0.29, 0.717) is 33.9 Å². The summed E-state index contributed by atoms with van der Waals surface area (Å²) >= 11 is 0. The van der Waals surface area contributed by atoms with E-state index in [4.69, 9.17) is 0 Å². The van der Waals surface area contributed by atoms with E-state index in [1.165, 1.54) is 23.7 Å². The third kappa shape index (κ3) is 5.47. The van der Waals surface area contributed by atoms with Crippen molar-refractivity contribution in [3.8, 4) is 0 Å². The van der Waals surface area contributed by atoms with Gasteiger partial charge in [-0.15, -0.1) is 0 Å². The Labute approximate surface area is 224 Å². The molecule has 2 aromatic heterocycles. The van der Waals surface area contributed by atoms with Crippen LogP contribution in [0.4, 0.5) is 31.9 Å². The van der Waals surface area contributed by atoms with Gasteiger partial charge in [0.05, 0.1) is 23.2 Å². The summed E-state index contributed by atoms with van der Waals surface area (Å²) in [5.74, 6) is -2.59. The second-order valence-corrected chi connectivity index (χ2v) is 12.6. The van der Waals surface area contributed by atoms with E-state index in [1.807, 2.05) is 0 Å². The van der Waals surface area contributed by atoms with Gasteiger partial charge in [-0.3, -0.25) is 9.52 Å². The lowest BCUT2D eigenvalue weighted by Gasteiger charge is -2.35. The minimum atomic E-state index is -3.50. The summed E-state index contributed by atoms with van der Waals surface area (Å²) in [7, 11) is -3.50. The fourth-order valence-electron chi connectivity index (χ4n) is 5.46. The van der Waals surface area contributed by atoms with Crippen LogP contribution in [0.25, 0.3) is 5.65 Å². The molecule has 0 radical (unpaired) electrons. The molecule has 14 heteroatoms. The molecule has 2 N–H and O–H groups in total. The molecule has 2 aliphatic heterocycles. The lowest BCUT2D eigenvalue weighted by atomic mass is 9.93. The quantitative estimate of drug-likeness (QED) is 0.470. The zero-order valence-electron chi connectivity index (χ0n) is 21.5. The van der Waals surface area contributed by atoms with Crippen LogP contribution in [0.3, 0.4) is 0 Å².